The van der Waals surface area contributed by atoms with Crippen molar-refractivity contribution in [2.24, 2.45) is 0 Å². The Morgan fingerprint density at radius 3 is 2.00 bits per heavy atom. The number of rotatable bonds is 3. The standard InChI is InChI=1S/C17H19NO2/c1-11-9-12(2)16(13(3)10-11)20-15-7-5-14(6-8-15)17(18)19-4/h5-10,18H,1-4H3. The lowest BCUT2D eigenvalue weighted by Crippen LogP contribution is -2.00. The van der Waals surface area contributed by atoms with Crippen molar-refractivity contribution >= 4 is 5.90 Å². The third-order valence-corrected chi connectivity index (χ3v) is 3.15. The number of ether oxygens (including phenoxy) is 2. The van der Waals surface area contributed by atoms with Gasteiger partial charge in [-0.15, -0.1) is 0 Å². The van der Waals surface area contributed by atoms with E-state index in [2.05, 4.69) is 19.1 Å². The molecule has 0 saturated heterocycles. The fourth-order valence-corrected chi connectivity index (χ4v) is 2.24. The molecule has 0 heterocycles. The minimum absolute atomic E-state index is 0.152. The van der Waals surface area contributed by atoms with Gasteiger partial charge in [-0.1, -0.05) is 17.7 Å². The molecular formula is C17H19NO2. The fraction of sp³-hybridized carbons (Fsp3) is 0.235. The molecule has 2 aromatic rings. The molecule has 0 spiro atoms. The Labute approximate surface area is 119 Å². The first-order chi connectivity index (χ1) is 9.51. The highest BCUT2D eigenvalue weighted by Gasteiger charge is 2.07. The third-order valence-electron chi connectivity index (χ3n) is 3.15. The molecule has 0 aromatic heterocycles. The number of hydrogen-bond acceptors (Lipinski definition) is 3. The first-order valence-corrected chi connectivity index (χ1v) is 6.50. The van der Waals surface area contributed by atoms with Gasteiger partial charge in [-0.2, -0.15) is 0 Å². The van der Waals surface area contributed by atoms with Gasteiger partial charge in [0.25, 0.3) is 0 Å². The maximum absolute atomic E-state index is 7.60. The SMILES string of the molecule is COC(=N)c1ccc(Oc2c(C)cc(C)cc2C)cc1. The topological polar surface area (TPSA) is 42.3 Å². The summed E-state index contributed by atoms with van der Waals surface area (Å²) in [5.41, 5.74) is 4.21. The predicted octanol–water partition coefficient (Wildman–Crippen LogP) is 4.38. The van der Waals surface area contributed by atoms with Crippen LogP contribution in [0.2, 0.25) is 0 Å². The number of methoxy groups -OCH3 is 1. The van der Waals surface area contributed by atoms with Crippen molar-refractivity contribution in [1.82, 2.24) is 0 Å². The Bertz CT molecular complexity index is 607. The molecule has 0 unspecified atom stereocenters. The van der Waals surface area contributed by atoms with E-state index >= 15 is 0 Å². The lowest BCUT2D eigenvalue weighted by atomic mass is 10.1. The van der Waals surface area contributed by atoms with Crippen LogP contribution in [0.25, 0.3) is 0 Å². The Morgan fingerprint density at radius 2 is 1.50 bits per heavy atom. The van der Waals surface area contributed by atoms with Crippen molar-refractivity contribution in [3.05, 3.63) is 58.7 Å². The molecule has 0 aliphatic carbocycles. The third kappa shape index (κ3) is 2.99. The molecular weight excluding hydrogens is 250 g/mol. The van der Waals surface area contributed by atoms with E-state index in [4.69, 9.17) is 14.9 Å². The van der Waals surface area contributed by atoms with Gasteiger partial charge in [0.05, 0.1) is 7.11 Å². The van der Waals surface area contributed by atoms with Crippen molar-refractivity contribution in [3.8, 4) is 11.5 Å². The molecule has 0 aliphatic rings. The Balaban J connectivity index is 2.25. The molecule has 0 saturated carbocycles. The molecule has 0 aliphatic heterocycles. The quantitative estimate of drug-likeness (QED) is 0.664. The van der Waals surface area contributed by atoms with E-state index in [0.717, 1.165) is 28.2 Å². The molecule has 20 heavy (non-hydrogen) atoms. The van der Waals surface area contributed by atoms with E-state index in [9.17, 15) is 0 Å². The average Bonchev–Trinajstić information content (AvgIpc) is 2.42. The monoisotopic (exact) mass is 269 g/mol. The van der Waals surface area contributed by atoms with Crippen molar-refractivity contribution in [2.75, 3.05) is 7.11 Å². The molecule has 0 fully saturated rings. The summed E-state index contributed by atoms with van der Waals surface area (Å²) in [5, 5.41) is 7.60. The second-order valence-electron chi connectivity index (χ2n) is 4.89. The largest absolute Gasteiger partial charge is 0.481 e. The number of aryl methyl sites for hydroxylation is 3. The van der Waals surface area contributed by atoms with Gasteiger partial charge in [-0.05, 0) is 56.2 Å². The first-order valence-electron chi connectivity index (χ1n) is 6.50. The highest BCUT2D eigenvalue weighted by molar-refractivity contribution is 5.91. The van der Waals surface area contributed by atoms with Crippen LogP contribution in [-0.4, -0.2) is 13.0 Å². The van der Waals surface area contributed by atoms with E-state index in [-0.39, 0.29) is 5.90 Å². The van der Waals surface area contributed by atoms with Gasteiger partial charge >= 0.3 is 0 Å². The van der Waals surface area contributed by atoms with Crippen molar-refractivity contribution in [2.45, 2.75) is 20.8 Å². The minimum atomic E-state index is 0.152. The van der Waals surface area contributed by atoms with Crippen molar-refractivity contribution in [1.29, 1.82) is 5.41 Å². The smallest absolute Gasteiger partial charge is 0.212 e. The molecule has 3 nitrogen and oxygen atoms in total. The summed E-state index contributed by atoms with van der Waals surface area (Å²) in [6, 6.07) is 11.6. The summed E-state index contributed by atoms with van der Waals surface area (Å²) in [6.07, 6.45) is 0. The van der Waals surface area contributed by atoms with Gasteiger partial charge in [0, 0.05) is 5.56 Å². The summed E-state index contributed by atoms with van der Waals surface area (Å²) < 4.78 is 10.8. The van der Waals surface area contributed by atoms with Crippen LogP contribution in [0.1, 0.15) is 22.3 Å². The summed E-state index contributed by atoms with van der Waals surface area (Å²) in [7, 11) is 1.49. The molecule has 0 amide bonds. The molecule has 3 heteroatoms. The van der Waals surface area contributed by atoms with Gasteiger partial charge in [-0.3, -0.25) is 5.41 Å². The lowest BCUT2D eigenvalue weighted by Gasteiger charge is -2.13. The normalized spacial score (nSPS) is 10.2. The average molecular weight is 269 g/mol. The van der Waals surface area contributed by atoms with Crippen LogP contribution < -0.4 is 4.74 Å². The molecule has 104 valence electrons. The van der Waals surface area contributed by atoms with Crippen LogP contribution in [-0.2, 0) is 4.74 Å². The summed E-state index contributed by atoms with van der Waals surface area (Å²) >= 11 is 0. The highest BCUT2D eigenvalue weighted by atomic mass is 16.5. The summed E-state index contributed by atoms with van der Waals surface area (Å²) in [4.78, 5) is 0. The number of nitrogens with one attached hydrogen (secondary N) is 1. The van der Waals surface area contributed by atoms with Gasteiger partial charge in [0.2, 0.25) is 5.90 Å². The molecule has 1 N–H and O–H groups in total. The van der Waals surface area contributed by atoms with Crippen LogP contribution in [0.4, 0.5) is 0 Å². The maximum atomic E-state index is 7.60. The Hall–Kier alpha value is -2.29. The van der Waals surface area contributed by atoms with E-state index in [1.165, 1.54) is 12.7 Å². The lowest BCUT2D eigenvalue weighted by molar-refractivity contribution is 0.401. The molecule has 2 rings (SSSR count). The zero-order valence-corrected chi connectivity index (χ0v) is 12.3. The molecule has 0 atom stereocenters. The zero-order valence-electron chi connectivity index (χ0n) is 12.3. The minimum Gasteiger partial charge on any atom is -0.481 e. The Kier molecular flexibility index (Phi) is 4.08. The van der Waals surface area contributed by atoms with Crippen LogP contribution in [0.3, 0.4) is 0 Å². The van der Waals surface area contributed by atoms with E-state index in [1.54, 1.807) is 0 Å². The fourth-order valence-electron chi connectivity index (χ4n) is 2.24. The van der Waals surface area contributed by atoms with Gasteiger partial charge in [0.1, 0.15) is 11.5 Å². The van der Waals surface area contributed by atoms with Crippen LogP contribution in [0, 0.1) is 26.2 Å². The van der Waals surface area contributed by atoms with E-state index < -0.39 is 0 Å². The maximum Gasteiger partial charge on any atom is 0.212 e. The Morgan fingerprint density at radius 1 is 0.950 bits per heavy atom. The van der Waals surface area contributed by atoms with Crippen LogP contribution >= 0.6 is 0 Å². The van der Waals surface area contributed by atoms with E-state index in [0.29, 0.717) is 0 Å². The van der Waals surface area contributed by atoms with Gasteiger partial charge in [-0.25, -0.2) is 0 Å². The predicted molar refractivity (Wildman–Crippen MR) is 81.0 cm³/mol. The zero-order chi connectivity index (χ0) is 14.7. The van der Waals surface area contributed by atoms with Crippen LogP contribution in [0.5, 0.6) is 11.5 Å². The summed E-state index contributed by atoms with van der Waals surface area (Å²) in [5.74, 6) is 1.80. The van der Waals surface area contributed by atoms with Crippen LogP contribution in [0.15, 0.2) is 36.4 Å². The van der Waals surface area contributed by atoms with E-state index in [1.807, 2.05) is 38.1 Å². The molecule has 0 radical (unpaired) electrons. The molecule has 2 aromatic carbocycles. The van der Waals surface area contributed by atoms with Gasteiger partial charge < -0.3 is 9.47 Å². The van der Waals surface area contributed by atoms with Gasteiger partial charge in [0.15, 0.2) is 0 Å². The second-order valence-corrected chi connectivity index (χ2v) is 4.89. The second kappa shape index (κ2) is 5.78. The number of hydrogen-bond donors (Lipinski definition) is 1. The van der Waals surface area contributed by atoms with Crippen molar-refractivity contribution in [3.63, 3.8) is 0 Å². The first kappa shape index (κ1) is 14.1. The summed E-state index contributed by atoms with van der Waals surface area (Å²) in [6.45, 7) is 6.17. The molecule has 0 bridgehead atoms. The highest BCUT2D eigenvalue weighted by Crippen LogP contribution is 2.29. The van der Waals surface area contributed by atoms with Crippen molar-refractivity contribution < 1.29 is 9.47 Å². The number of benzene rings is 2.